The number of benzene rings is 2. The molecule has 2 nitrogen and oxygen atoms in total. The van der Waals surface area contributed by atoms with Crippen LogP contribution in [-0.2, 0) is 6.42 Å². The molecule has 0 fully saturated rings. The maximum absolute atomic E-state index is 6.65. The quantitative estimate of drug-likeness (QED) is 0.450. The molecule has 6 rings (SSSR count). The summed E-state index contributed by atoms with van der Waals surface area (Å²) in [5.74, 6) is 0.829. The number of aryl methyl sites for hydroxylation is 1. The Labute approximate surface area is 177 Å². The van der Waals surface area contributed by atoms with Crippen LogP contribution in [0.4, 0.5) is 5.69 Å². The van der Waals surface area contributed by atoms with E-state index in [0.717, 1.165) is 24.0 Å². The van der Waals surface area contributed by atoms with Crippen LogP contribution in [0, 0.1) is 5.92 Å². The molecule has 1 aromatic heterocycles. The van der Waals surface area contributed by atoms with Crippen molar-refractivity contribution in [1.82, 2.24) is 0 Å². The van der Waals surface area contributed by atoms with Crippen LogP contribution >= 0.6 is 0 Å². The van der Waals surface area contributed by atoms with E-state index in [-0.39, 0.29) is 11.5 Å². The maximum Gasteiger partial charge on any atom is 0.141 e. The molecule has 0 saturated heterocycles. The molecule has 0 radical (unpaired) electrons. The van der Waals surface area contributed by atoms with Crippen LogP contribution < -0.4 is 4.90 Å². The van der Waals surface area contributed by atoms with Gasteiger partial charge in [-0.15, -0.1) is 0 Å². The van der Waals surface area contributed by atoms with Crippen LogP contribution in [0.3, 0.4) is 0 Å². The van der Waals surface area contributed by atoms with E-state index in [1.54, 1.807) is 0 Å². The molecule has 2 aromatic carbocycles. The minimum atomic E-state index is -0.116. The molecule has 3 aliphatic rings. The predicted molar refractivity (Wildman–Crippen MR) is 126 cm³/mol. The van der Waals surface area contributed by atoms with Gasteiger partial charge in [0, 0.05) is 33.6 Å². The molecular weight excluding hydrogens is 366 g/mol. The average molecular weight is 394 g/mol. The zero-order chi connectivity index (χ0) is 20.5. The van der Waals surface area contributed by atoms with E-state index < -0.39 is 0 Å². The Kier molecular flexibility index (Phi) is 3.71. The summed E-state index contributed by atoms with van der Waals surface area (Å²) in [6.07, 6.45) is 18.0. The lowest BCUT2D eigenvalue weighted by molar-refractivity contribution is 0.508. The number of allylic oxidation sites excluding steroid dienone is 6. The van der Waals surface area contributed by atoms with Crippen molar-refractivity contribution < 1.29 is 4.42 Å². The van der Waals surface area contributed by atoms with Gasteiger partial charge in [0.15, 0.2) is 0 Å². The second-order valence-electron chi connectivity index (χ2n) is 9.13. The number of rotatable bonds is 2. The van der Waals surface area contributed by atoms with E-state index in [2.05, 4.69) is 98.5 Å². The molecule has 3 unspecified atom stereocenters. The Morgan fingerprint density at radius 1 is 1.03 bits per heavy atom. The third kappa shape index (κ3) is 2.25. The van der Waals surface area contributed by atoms with E-state index in [1.807, 2.05) is 0 Å². The smallest absolute Gasteiger partial charge is 0.141 e. The van der Waals surface area contributed by atoms with Crippen LogP contribution in [0.5, 0.6) is 0 Å². The van der Waals surface area contributed by atoms with Gasteiger partial charge in [0.1, 0.15) is 11.2 Å². The molecular formula is C28H27NO. The van der Waals surface area contributed by atoms with Gasteiger partial charge in [-0.2, -0.15) is 0 Å². The summed E-state index contributed by atoms with van der Waals surface area (Å²) in [6.45, 7) is 6.86. The molecule has 3 atom stereocenters. The van der Waals surface area contributed by atoms with Gasteiger partial charge in [0.05, 0.1) is 5.54 Å². The largest absolute Gasteiger partial charge is 0.455 e. The first-order valence-corrected chi connectivity index (χ1v) is 11.1. The Morgan fingerprint density at radius 2 is 1.90 bits per heavy atom. The second kappa shape index (κ2) is 6.25. The summed E-state index contributed by atoms with van der Waals surface area (Å²) < 4.78 is 6.65. The molecule has 30 heavy (non-hydrogen) atoms. The van der Waals surface area contributed by atoms with Gasteiger partial charge in [0.2, 0.25) is 0 Å². The van der Waals surface area contributed by atoms with Gasteiger partial charge in [-0.05, 0) is 49.5 Å². The van der Waals surface area contributed by atoms with Crippen LogP contribution in [0.2, 0.25) is 0 Å². The number of para-hydroxylation sites is 1. The van der Waals surface area contributed by atoms with Crippen molar-refractivity contribution in [2.45, 2.75) is 45.1 Å². The average Bonchev–Trinajstić information content (AvgIpc) is 3.25. The summed E-state index contributed by atoms with van der Waals surface area (Å²) in [5.41, 5.74) is 7.28. The normalized spacial score (nSPS) is 27.0. The third-order valence-corrected chi connectivity index (χ3v) is 7.20. The standard InChI is InChI=1S/C28H27NO/c1-4-19-10-8-12-21-22-14-15-24-25(27(22)30-26(19)21)23-13-5-6-16-28(23,3)29(24)20-11-7-9-18(2)17-20/h5-16,18,23H,4,17H2,1-3H3. The molecule has 0 bridgehead atoms. The van der Waals surface area contributed by atoms with Crippen LogP contribution in [-0.4, -0.2) is 5.54 Å². The molecule has 0 spiro atoms. The minimum absolute atomic E-state index is 0.116. The Hall–Kier alpha value is -3.00. The van der Waals surface area contributed by atoms with Crippen LogP contribution in [0.25, 0.3) is 21.9 Å². The highest BCUT2D eigenvalue weighted by Gasteiger charge is 2.49. The topological polar surface area (TPSA) is 16.4 Å². The molecule has 0 amide bonds. The lowest BCUT2D eigenvalue weighted by Gasteiger charge is -2.41. The van der Waals surface area contributed by atoms with E-state index in [9.17, 15) is 0 Å². The van der Waals surface area contributed by atoms with Crippen molar-refractivity contribution in [3.8, 4) is 0 Å². The molecule has 2 aliphatic carbocycles. The Balaban J connectivity index is 1.66. The highest BCUT2D eigenvalue weighted by atomic mass is 16.3. The molecule has 150 valence electrons. The maximum atomic E-state index is 6.65. The zero-order valence-electron chi connectivity index (χ0n) is 17.9. The number of hydrogen-bond donors (Lipinski definition) is 0. The van der Waals surface area contributed by atoms with Gasteiger partial charge >= 0.3 is 0 Å². The fraction of sp³-hybridized carbons (Fsp3) is 0.286. The van der Waals surface area contributed by atoms with E-state index in [1.165, 1.54) is 33.3 Å². The summed E-state index contributed by atoms with van der Waals surface area (Å²) in [7, 11) is 0. The van der Waals surface area contributed by atoms with E-state index in [0.29, 0.717) is 5.92 Å². The van der Waals surface area contributed by atoms with Gasteiger partial charge in [-0.25, -0.2) is 0 Å². The van der Waals surface area contributed by atoms with Gasteiger partial charge in [-0.3, -0.25) is 0 Å². The fourth-order valence-corrected chi connectivity index (χ4v) is 5.74. The van der Waals surface area contributed by atoms with E-state index in [4.69, 9.17) is 4.42 Å². The first-order chi connectivity index (χ1) is 14.6. The molecule has 0 saturated carbocycles. The van der Waals surface area contributed by atoms with Crippen molar-refractivity contribution >= 4 is 27.6 Å². The van der Waals surface area contributed by atoms with Crippen molar-refractivity contribution in [1.29, 1.82) is 0 Å². The van der Waals surface area contributed by atoms with Crippen molar-refractivity contribution in [3.63, 3.8) is 0 Å². The number of fused-ring (bicyclic) bond motifs is 7. The number of furan rings is 1. The lowest BCUT2D eigenvalue weighted by atomic mass is 9.79. The first kappa shape index (κ1) is 17.8. The minimum Gasteiger partial charge on any atom is -0.455 e. The third-order valence-electron chi connectivity index (χ3n) is 7.20. The van der Waals surface area contributed by atoms with Gasteiger partial charge in [-0.1, -0.05) is 68.5 Å². The van der Waals surface area contributed by atoms with Crippen LogP contribution in [0.1, 0.15) is 44.2 Å². The van der Waals surface area contributed by atoms with E-state index >= 15 is 0 Å². The zero-order valence-corrected chi connectivity index (χ0v) is 17.9. The summed E-state index contributed by atoms with van der Waals surface area (Å²) in [6, 6.07) is 11.1. The first-order valence-electron chi connectivity index (χ1n) is 11.1. The van der Waals surface area contributed by atoms with Gasteiger partial charge < -0.3 is 9.32 Å². The van der Waals surface area contributed by atoms with Crippen LogP contribution in [0.15, 0.2) is 83.0 Å². The molecule has 2 heteroatoms. The summed E-state index contributed by atoms with van der Waals surface area (Å²) >= 11 is 0. The Bertz CT molecular complexity index is 1300. The fourth-order valence-electron chi connectivity index (χ4n) is 5.74. The predicted octanol–water partition coefficient (Wildman–Crippen LogP) is 7.42. The number of nitrogens with zero attached hydrogens (tertiary/aromatic N) is 1. The SMILES string of the molecule is CCc1cccc2c1oc1c3c(ccc12)N(C1=CC=CC(C)C1)C1(C)C=CC=CC31. The molecule has 3 aromatic rings. The highest BCUT2D eigenvalue weighted by Crippen LogP contribution is 2.56. The van der Waals surface area contributed by atoms with Crippen molar-refractivity contribution in [2.24, 2.45) is 5.92 Å². The molecule has 2 heterocycles. The monoisotopic (exact) mass is 393 g/mol. The lowest BCUT2D eigenvalue weighted by Crippen LogP contribution is -2.44. The number of hydrogen-bond acceptors (Lipinski definition) is 2. The molecule has 1 aliphatic heterocycles. The highest BCUT2D eigenvalue weighted by molar-refractivity contribution is 6.09. The van der Waals surface area contributed by atoms with Crippen molar-refractivity contribution in [2.75, 3.05) is 4.90 Å². The molecule has 0 N–H and O–H groups in total. The second-order valence-corrected chi connectivity index (χ2v) is 9.13. The van der Waals surface area contributed by atoms with Gasteiger partial charge in [0.25, 0.3) is 0 Å². The Morgan fingerprint density at radius 3 is 2.73 bits per heavy atom. The van der Waals surface area contributed by atoms with Crippen molar-refractivity contribution in [3.05, 3.63) is 89.7 Å². The summed E-state index contributed by atoms with van der Waals surface area (Å²) in [5, 5.41) is 2.47. The summed E-state index contributed by atoms with van der Waals surface area (Å²) in [4.78, 5) is 2.57. The number of anilines is 1.